The molecule has 2 aromatic rings. The van der Waals surface area contributed by atoms with Crippen molar-refractivity contribution >= 4 is 39.0 Å². The Bertz CT molecular complexity index is 851. The van der Waals surface area contributed by atoms with Gasteiger partial charge in [-0.3, -0.25) is 4.79 Å². The fourth-order valence-corrected chi connectivity index (χ4v) is 2.46. The van der Waals surface area contributed by atoms with E-state index < -0.39 is 23.6 Å². The van der Waals surface area contributed by atoms with Crippen LogP contribution in [0.15, 0.2) is 27.1 Å². The van der Waals surface area contributed by atoms with Gasteiger partial charge in [-0.2, -0.15) is 5.26 Å². The molecule has 0 fully saturated rings. The summed E-state index contributed by atoms with van der Waals surface area (Å²) in [6, 6.07) is 6.19. The number of rotatable bonds is 5. The number of carbonyl (C=O) groups is 2. The molecule has 0 aliphatic heterocycles. The highest BCUT2D eigenvalue weighted by Gasteiger charge is 2.26. The predicted octanol–water partition coefficient (Wildman–Crippen LogP) is 2.67. The number of halogens is 1. The van der Waals surface area contributed by atoms with Gasteiger partial charge in [-0.05, 0) is 39.0 Å². The van der Waals surface area contributed by atoms with E-state index in [0.29, 0.717) is 11.1 Å². The zero-order valence-electron chi connectivity index (χ0n) is 14.6. The number of ether oxygens (including phenoxy) is 1. The molecule has 8 nitrogen and oxygen atoms in total. The summed E-state index contributed by atoms with van der Waals surface area (Å²) in [5, 5.41) is 13.5. The van der Waals surface area contributed by atoms with Crippen molar-refractivity contribution in [3.63, 3.8) is 0 Å². The van der Waals surface area contributed by atoms with Gasteiger partial charge in [0, 0.05) is 4.47 Å². The maximum atomic E-state index is 12.3. The molecule has 0 bridgehead atoms. The van der Waals surface area contributed by atoms with Crippen LogP contribution in [0.3, 0.4) is 0 Å². The van der Waals surface area contributed by atoms with E-state index >= 15 is 0 Å². The summed E-state index contributed by atoms with van der Waals surface area (Å²) in [6.07, 6.45) is -0.725. The molecule has 2 rings (SSSR count). The van der Waals surface area contributed by atoms with Gasteiger partial charge in [-0.25, -0.2) is 9.78 Å². The largest absolute Gasteiger partial charge is 0.444 e. The summed E-state index contributed by atoms with van der Waals surface area (Å²) < 4.78 is 11.7. The monoisotopic (exact) mass is 422 g/mol. The standard InChI is InChI=1S/C17H19BrN4O4/c1-17(2,3)26-16(24)22-12(15(23)20-7-6-19)9-14-21-11-5-4-10(18)8-13(11)25-14/h4-5,8,12H,7,9H2,1-3H3,(H,20,23)(H,22,24). The Morgan fingerprint density at radius 3 is 2.81 bits per heavy atom. The molecule has 9 heteroatoms. The van der Waals surface area contributed by atoms with Crippen LogP contribution in [0.2, 0.25) is 0 Å². The summed E-state index contributed by atoms with van der Waals surface area (Å²) in [5.74, 6) is -0.243. The van der Waals surface area contributed by atoms with E-state index in [1.54, 1.807) is 32.9 Å². The maximum absolute atomic E-state index is 12.3. The van der Waals surface area contributed by atoms with Crippen molar-refractivity contribution in [1.82, 2.24) is 15.6 Å². The summed E-state index contributed by atoms with van der Waals surface area (Å²) in [5.41, 5.74) is 0.487. The quantitative estimate of drug-likeness (QED) is 0.715. The molecule has 1 heterocycles. The molecule has 0 saturated carbocycles. The van der Waals surface area contributed by atoms with Gasteiger partial charge in [0.05, 0.1) is 12.5 Å². The van der Waals surface area contributed by atoms with E-state index in [9.17, 15) is 9.59 Å². The predicted molar refractivity (Wildman–Crippen MR) is 97.2 cm³/mol. The molecule has 1 atom stereocenters. The molecule has 1 unspecified atom stereocenters. The van der Waals surface area contributed by atoms with Crippen molar-refractivity contribution in [2.75, 3.05) is 6.54 Å². The van der Waals surface area contributed by atoms with E-state index in [1.807, 2.05) is 12.1 Å². The molecular formula is C17H19BrN4O4. The van der Waals surface area contributed by atoms with Crippen LogP contribution in [0.1, 0.15) is 26.7 Å². The SMILES string of the molecule is CC(C)(C)OC(=O)NC(Cc1nc2ccc(Br)cc2o1)C(=O)NCC#N. The van der Waals surface area contributed by atoms with Gasteiger partial charge in [0.25, 0.3) is 0 Å². The van der Waals surface area contributed by atoms with E-state index in [1.165, 1.54) is 0 Å². The molecule has 0 aliphatic rings. The summed E-state index contributed by atoms with van der Waals surface area (Å²) in [6.45, 7) is 4.98. The Kier molecular flexibility index (Phi) is 6.21. The topological polar surface area (TPSA) is 117 Å². The molecule has 138 valence electrons. The Hall–Kier alpha value is -2.60. The minimum atomic E-state index is -0.991. The average molecular weight is 423 g/mol. The number of aromatic nitrogens is 1. The molecule has 26 heavy (non-hydrogen) atoms. The average Bonchev–Trinajstić information content (AvgIpc) is 2.91. The molecule has 0 radical (unpaired) electrons. The number of fused-ring (bicyclic) bond motifs is 1. The number of alkyl carbamates (subject to hydrolysis) is 1. The Labute approximate surface area is 159 Å². The second-order valence-corrected chi connectivity index (χ2v) is 7.41. The number of oxazole rings is 1. The number of hydrogen-bond acceptors (Lipinski definition) is 6. The Balaban J connectivity index is 2.17. The van der Waals surface area contributed by atoms with Crippen LogP contribution in [0.4, 0.5) is 4.79 Å². The third-order valence-corrected chi connectivity index (χ3v) is 3.62. The first-order chi connectivity index (χ1) is 12.2. The highest BCUT2D eigenvalue weighted by molar-refractivity contribution is 9.10. The molecule has 0 spiro atoms. The number of carbonyl (C=O) groups excluding carboxylic acids is 2. The number of amides is 2. The highest BCUT2D eigenvalue weighted by atomic mass is 79.9. The van der Waals surface area contributed by atoms with E-state index in [4.69, 9.17) is 14.4 Å². The normalized spacial score (nSPS) is 12.3. The van der Waals surface area contributed by atoms with Gasteiger partial charge in [0.15, 0.2) is 11.5 Å². The maximum Gasteiger partial charge on any atom is 0.408 e. The first-order valence-electron chi connectivity index (χ1n) is 7.87. The van der Waals surface area contributed by atoms with Crippen molar-refractivity contribution in [2.24, 2.45) is 0 Å². The fraction of sp³-hybridized carbons (Fsp3) is 0.412. The highest BCUT2D eigenvalue weighted by Crippen LogP contribution is 2.21. The Morgan fingerprint density at radius 1 is 1.42 bits per heavy atom. The van der Waals surface area contributed by atoms with Gasteiger partial charge in [-0.1, -0.05) is 15.9 Å². The van der Waals surface area contributed by atoms with Gasteiger partial charge < -0.3 is 19.8 Å². The van der Waals surface area contributed by atoms with Crippen LogP contribution in [-0.2, 0) is 16.0 Å². The number of benzene rings is 1. The lowest BCUT2D eigenvalue weighted by Gasteiger charge is -2.22. The first-order valence-corrected chi connectivity index (χ1v) is 8.66. The van der Waals surface area contributed by atoms with Gasteiger partial charge >= 0.3 is 6.09 Å². The minimum Gasteiger partial charge on any atom is -0.444 e. The minimum absolute atomic E-state index is 0.0167. The molecule has 1 aromatic carbocycles. The number of nitrogens with zero attached hydrogens (tertiary/aromatic N) is 2. The zero-order chi connectivity index (χ0) is 19.3. The number of nitrogens with one attached hydrogen (secondary N) is 2. The molecule has 0 saturated heterocycles. The van der Waals surface area contributed by atoms with E-state index in [2.05, 4.69) is 31.5 Å². The molecular weight excluding hydrogens is 404 g/mol. The van der Waals surface area contributed by atoms with Gasteiger partial charge in [0.1, 0.15) is 23.7 Å². The second-order valence-electron chi connectivity index (χ2n) is 6.50. The van der Waals surface area contributed by atoms with E-state index in [0.717, 1.165) is 4.47 Å². The molecule has 0 aliphatic carbocycles. The van der Waals surface area contributed by atoms with Gasteiger partial charge in [0.2, 0.25) is 5.91 Å². The third-order valence-electron chi connectivity index (χ3n) is 3.12. The van der Waals surface area contributed by atoms with Crippen LogP contribution in [0, 0.1) is 11.3 Å². The van der Waals surface area contributed by atoms with Crippen molar-refractivity contribution in [2.45, 2.75) is 38.8 Å². The van der Waals surface area contributed by atoms with E-state index in [-0.39, 0.29) is 18.9 Å². The fourth-order valence-electron chi connectivity index (χ4n) is 2.12. The summed E-state index contributed by atoms with van der Waals surface area (Å²) in [7, 11) is 0. The van der Waals surface area contributed by atoms with Crippen LogP contribution in [-0.4, -0.2) is 35.2 Å². The van der Waals surface area contributed by atoms with Crippen LogP contribution >= 0.6 is 15.9 Å². The van der Waals surface area contributed by atoms with Crippen molar-refractivity contribution < 1.29 is 18.7 Å². The molecule has 1 aromatic heterocycles. The van der Waals surface area contributed by atoms with Crippen molar-refractivity contribution in [3.8, 4) is 6.07 Å². The second kappa shape index (κ2) is 8.19. The summed E-state index contributed by atoms with van der Waals surface area (Å²) in [4.78, 5) is 28.6. The third kappa shape index (κ3) is 5.74. The Morgan fingerprint density at radius 2 is 2.15 bits per heavy atom. The lowest BCUT2D eigenvalue weighted by Crippen LogP contribution is -2.49. The van der Waals surface area contributed by atoms with Crippen LogP contribution in [0.5, 0.6) is 0 Å². The zero-order valence-corrected chi connectivity index (χ0v) is 16.2. The smallest absolute Gasteiger partial charge is 0.408 e. The lowest BCUT2D eigenvalue weighted by atomic mass is 10.2. The summed E-state index contributed by atoms with van der Waals surface area (Å²) >= 11 is 3.35. The number of hydrogen-bond donors (Lipinski definition) is 2. The van der Waals surface area contributed by atoms with Gasteiger partial charge in [-0.15, -0.1) is 0 Å². The molecule has 2 N–H and O–H groups in total. The molecule has 2 amide bonds. The van der Waals surface area contributed by atoms with Crippen LogP contribution in [0.25, 0.3) is 11.1 Å². The van der Waals surface area contributed by atoms with Crippen molar-refractivity contribution in [1.29, 1.82) is 5.26 Å². The van der Waals surface area contributed by atoms with Crippen LogP contribution < -0.4 is 10.6 Å². The van der Waals surface area contributed by atoms with Crippen molar-refractivity contribution in [3.05, 3.63) is 28.6 Å². The first kappa shape index (κ1) is 19.7. The lowest BCUT2D eigenvalue weighted by molar-refractivity contribution is -0.123. The number of nitriles is 1.